The van der Waals surface area contributed by atoms with Crippen molar-refractivity contribution in [3.05, 3.63) is 25.3 Å². The van der Waals surface area contributed by atoms with E-state index in [9.17, 15) is 4.57 Å². The summed E-state index contributed by atoms with van der Waals surface area (Å²) in [5, 5.41) is 0. The Kier molecular flexibility index (Phi) is 9.20. The number of hydrogen-bond donors (Lipinski definition) is 0. The van der Waals surface area contributed by atoms with Crippen molar-refractivity contribution in [1.29, 1.82) is 0 Å². The van der Waals surface area contributed by atoms with Crippen LogP contribution in [0.25, 0.3) is 0 Å². The van der Waals surface area contributed by atoms with Crippen molar-refractivity contribution in [2.45, 2.75) is 12.1 Å². The first-order chi connectivity index (χ1) is 5.81. The van der Waals surface area contributed by atoms with E-state index in [1.54, 1.807) is 12.2 Å². The predicted molar refractivity (Wildman–Crippen MR) is 58.3 cm³/mol. The first kappa shape index (κ1) is 12.1. The fourth-order valence-corrected chi connectivity index (χ4v) is 4.19. The van der Waals surface area contributed by atoms with E-state index in [0.717, 1.165) is 12.1 Å². The molecular weight excluding hydrogens is 207 g/mol. The maximum Gasteiger partial charge on any atom is 0.298 e. The van der Waals surface area contributed by atoms with Crippen molar-refractivity contribution in [2.24, 2.45) is 0 Å². The predicted octanol–water partition coefficient (Wildman–Crippen LogP) is 0.785. The summed E-state index contributed by atoms with van der Waals surface area (Å²) in [5.74, 6) is 0. The molecule has 3 nitrogen and oxygen atoms in total. The average molecular weight is 222 g/mol. The minimum Gasteiger partial charge on any atom is -0.361 e. The summed E-state index contributed by atoms with van der Waals surface area (Å²) < 4.78 is 21.0. The molecule has 0 radical (unpaired) electrons. The van der Waals surface area contributed by atoms with Crippen molar-refractivity contribution in [3.8, 4) is 0 Å². The summed E-state index contributed by atoms with van der Waals surface area (Å²) in [6.45, 7) is 7.10. The van der Waals surface area contributed by atoms with Gasteiger partial charge in [0.25, 0.3) is 8.25 Å². The monoisotopic (exact) mass is 222 g/mol. The molecule has 0 fully saturated rings. The van der Waals surface area contributed by atoms with E-state index in [-0.39, 0.29) is 0 Å². The molecule has 0 aromatic rings. The molecule has 12 heavy (non-hydrogen) atoms. The van der Waals surface area contributed by atoms with Gasteiger partial charge in [0, 0.05) is 0 Å². The first-order valence-corrected chi connectivity index (χ1v) is 8.20. The van der Waals surface area contributed by atoms with Crippen LogP contribution in [0.3, 0.4) is 0 Å². The highest BCUT2D eigenvalue weighted by Gasteiger charge is 1.96. The van der Waals surface area contributed by atoms with Crippen molar-refractivity contribution in [2.75, 3.05) is 0 Å². The summed E-state index contributed by atoms with van der Waals surface area (Å²) in [6.07, 6.45) is 3.56. The lowest BCUT2D eigenvalue weighted by atomic mass is 10.8. The Morgan fingerprint density at radius 1 is 1.17 bits per heavy atom. The molecule has 0 N–H and O–H groups in total. The molecule has 0 bridgehead atoms. The van der Waals surface area contributed by atoms with Crippen LogP contribution in [-0.2, 0) is 13.0 Å². The maximum absolute atomic E-state index is 10.9. The van der Waals surface area contributed by atoms with Gasteiger partial charge >= 0.3 is 0 Å². The molecule has 0 spiro atoms. The zero-order chi connectivity index (χ0) is 9.23. The number of rotatable bonds is 8. The summed E-state index contributed by atoms with van der Waals surface area (Å²) in [7, 11) is -3.53. The average Bonchev–Trinajstić information content (AvgIpc) is 2.06. The standard InChI is InChI=1S/C6H15O3PSi2/c1-3-5-11-8-10(7)9-12-6-4-2/h3-4,10H,1-2,5-6,11-12H2. The Hall–Kier alpha value is 0.0638. The Labute approximate surface area is 78.7 Å². The third kappa shape index (κ3) is 8.16. The zero-order valence-electron chi connectivity index (χ0n) is 7.12. The highest BCUT2D eigenvalue weighted by molar-refractivity contribution is 7.36. The quantitative estimate of drug-likeness (QED) is 0.263. The van der Waals surface area contributed by atoms with Gasteiger partial charge in [-0.25, -0.2) is 0 Å². The van der Waals surface area contributed by atoms with Gasteiger partial charge in [-0.15, -0.1) is 13.2 Å². The van der Waals surface area contributed by atoms with Crippen molar-refractivity contribution >= 4 is 27.8 Å². The van der Waals surface area contributed by atoms with Gasteiger partial charge in [-0.05, 0) is 12.1 Å². The van der Waals surface area contributed by atoms with Crippen LogP contribution in [0, 0.1) is 0 Å². The third-order valence-electron chi connectivity index (χ3n) is 1.08. The second-order valence-electron chi connectivity index (χ2n) is 2.10. The van der Waals surface area contributed by atoms with E-state index in [4.69, 9.17) is 8.43 Å². The topological polar surface area (TPSA) is 35.5 Å². The maximum atomic E-state index is 10.9. The normalized spacial score (nSPS) is 14.3. The number of hydrogen-bond acceptors (Lipinski definition) is 3. The fourth-order valence-electron chi connectivity index (χ4n) is 0.493. The van der Waals surface area contributed by atoms with Crippen LogP contribution in [0.4, 0.5) is 0 Å². The fraction of sp³-hybridized carbons (Fsp3) is 0.333. The lowest BCUT2D eigenvalue weighted by molar-refractivity contribution is 0.435. The molecule has 0 heterocycles. The Morgan fingerprint density at radius 3 is 1.92 bits per heavy atom. The van der Waals surface area contributed by atoms with Gasteiger partial charge in [-0.3, -0.25) is 4.57 Å². The summed E-state index contributed by atoms with van der Waals surface area (Å²) in [6, 6.07) is 1.70. The molecule has 0 saturated carbocycles. The summed E-state index contributed by atoms with van der Waals surface area (Å²) in [4.78, 5) is 0. The molecule has 0 aliphatic rings. The summed E-state index contributed by atoms with van der Waals surface area (Å²) in [5.41, 5.74) is 0. The van der Waals surface area contributed by atoms with Crippen molar-refractivity contribution in [1.82, 2.24) is 0 Å². The molecule has 0 rings (SSSR count). The van der Waals surface area contributed by atoms with Gasteiger partial charge in [0.05, 0.1) is 0 Å². The van der Waals surface area contributed by atoms with E-state index in [0.29, 0.717) is 0 Å². The Bertz CT molecular complexity index is 147. The van der Waals surface area contributed by atoms with Gasteiger partial charge < -0.3 is 8.43 Å². The molecule has 0 aliphatic heterocycles. The SMILES string of the molecule is C=CC[SiH2]O[PH](=O)O[SiH2]CC=C. The molecule has 70 valence electrons. The lowest BCUT2D eigenvalue weighted by Gasteiger charge is -2.02. The van der Waals surface area contributed by atoms with Crippen molar-refractivity contribution in [3.63, 3.8) is 0 Å². The second-order valence-corrected chi connectivity index (χ2v) is 6.88. The van der Waals surface area contributed by atoms with Gasteiger partial charge in [0.1, 0.15) is 0 Å². The minimum atomic E-state index is -2.16. The molecule has 0 aromatic heterocycles. The van der Waals surface area contributed by atoms with Gasteiger partial charge in [0.2, 0.25) is 0 Å². The van der Waals surface area contributed by atoms with Crippen LogP contribution in [-0.4, -0.2) is 19.5 Å². The van der Waals surface area contributed by atoms with Gasteiger partial charge in [-0.2, -0.15) is 0 Å². The highest BCUT2D eigenvalue weighted by Crippen LogP contribution is 2.22. The molecule has 0 atom stereocenters. The summed E-state index contributed by atoms with van der Waals surface area (Å²) >= 11 is 0. The molecule has 0 saturated heterocycles. The van der Waals surface area contributed by atoms with Crippen LogP contribution >= 0.6 is 8.25 Å². The number of allylic oxidation sites excluding steroid dienone is 2. The van der Waals surface area contributed by atoms with Gasteiger partial charge in [-0.1, -0.05) is 12.2 Å². The lowest BCUT2D eigenvalue weighted by Crippen LogP contribution is -1.93. The smallest absolute Gasteiger partial charge is 0.298 e. The second kappa shape index (κ2) is 9.15. The van der Waals surface area contributed by atoms with Crippen LogP contribution in [0.15, 0.2) is 25.3 Å². The van der Waals surface area contributed by atoms with Crippen LogP contribution in [0.1, 0.15) is 0 Å². The first-order valence-electron chi connectivity index (χ1n) is 3.82. The molecular formula is C6H15O3PSi2. The van der Waals surface area contributed by atoms with Crippen molar-refractivity contribution < 1.29 is 13.0 Å². The van der Waals surface area contributed by atoms with E-state index in [1.165, 1.54) is 0 Å². The molecule has 6 heteroatoms. The van der Waals surface area contributed by atoms with Crippen LogP contribution in [0.5, 0.6) is 0 Å². The molecule has 0 unspecified atom stereocenters. The minimum absolute atomic E-state index is 0.684. The zero-order valence-corrected chi connectivity index (χ0v) is 11.0. The van der Waals surface area contributed by atoms with E-state index >= 15 is 0 Å². The Balaban J connectivity index is 3.21. The molecule has 0 aliphatic carbocycles. The Morgan fingerprint density at radius 2 is 1.58 bits per heavy atom. The van der Waals surface area contributed by atoms with E-state index < -0.39 is 27.8 Å². The largest absolute Gasteiger partial charge is 0.361 e. The molecule has 0 aromatic carbocycles. The molecule has 0 amide bonds. The van der Waals surface area contributed by atoms with E-state index in [2.05, 4.69) is 13.2 Å². The van der Waals surface area contributed by atoms with Gasteiger partial charge in [0.15, 0.2) is 19.5 Å². The van der Waals surface area contributed by atoms with Crippen LogP contribution in [0.2, 0.25) is 12.1 Å². The third-order valence-corrected chi connectivity index (χ3v) is 5.89. The van der Waals surface area contributed by atoms with Crippen LogP contribution < -0.4 is 0 Å². The van der Waals surface area contributed by atoms with E-state index in [1.807, 2.05) is 0 Å². The highest BCUT2D eigenvalue weighted by atomic mass is 31.1.